The van der Waals surface area contributed by atoms with Crippen molar-refractivity contribution >= 4 is 16.9 Å². The molecule has 2 fully saturated rings. The minimum atomic E-state index is -1.44. The fourth-order valence-corrected chi connectivity index (χ4v) is 6.26. The summed E-state index contributed by atoms with van der Waals surface area (Å²) in [5.74, 6) is -0.651. The van der Waals surface area contributed by atoms with Gasteiger partial charge in [0.25, 0.3) is 11.5 Å². The maximum Gasteiger partial charge on any atom is 0.262 e. The number of benzene rings is 2. The van der Waals surface area contributed by atoms with Crippen LogP contribution in [-0.4, -0.2) is 68.9 Å². The van der Waals surface area contributed by atoms with Crippen molar-refractivity contribution in [2.24, 2.45) is 5.92 Å². The number of ether oxygens (including phenoxy) is 1. The Morgan fingerprint density at radius 3 is 2.71 bits per heavy atom. The van der Waals surface area contributed by atoms with Gasteiger partial charge in [0.1, 0.15) is 0 Å². The number of rotatable bonds is 6. The number of halogens is 1. The lowest BCUT2D eigenvalue weighted by atomic mass is 9.76. The third-order valence-corrected chi connectivity index (χ3v) is 8.62. The lowest BCUT2D eigenvalue weighted by Gasteiger charge is -2.43. The van der Waals surface area contributed by atoms with Crippen LogP contribution < -0.4 is 15.6 Å². The molecule has 2 aliphatic heterocycles. The summed E-state index contributed by atoms with van der Waals surface area (Å²) in [4.78, 5) is 33.3. The molecule has 0 spiro atoms. The molecule has 0 saturated carbocycles. The van der Waals surface area contributed by atoms with E-state index in [0.29, 0.717) is 55.9 Å². The first-order valence-corrected chi connectivity index (χ1v) is 14.1. The van der Waals surface area contributed by atoms with Crippen molar-refractivity contribution in [3.8, 4) is 11.4 Å². The number of carbonyl (C=O) groups is 1. The number of piperidine rings is 2. The molecule has 0 bridgehead atoms. The number of hydrogen-bond donors (Lipinski definition) is 2. The number of aromatic nitrogens is 3. The van der Waals surface area contributed by atoms with Crippen molar-refractivity contribution in [2.45, 2.75) is 37.3 Å². The van der Waals surface area contributed by atoms with E-state index in [4.69, 9.17) is 4.74 Å². The van der Waals surface area contributed by atoms with E-state index in [1.807, 2.05) is 30.3 Å². The van der Waals surface area contributed by atoms with Gasteiger partial charge in [-0.15, -0.1) is 0 Å². The van der Waals surface area contributed by atoms with Crippen molar-refractivity contribution in [3.05, 3.63) is 88.9 Å². The average molecular weight is 560 g/mol. The third kappa shape index (κ3) is 5.02. The summed E-state index contributed by atoms with van der Waals surface area (Å²) >= 11 is 0. The summed E-state index contributed by atoms with van der Waals surface area (Å²) in [5, 5.41) is 15.5. The Bertz CT molecular complexity index is 1610. The summed E-state index contributed by atoms with van der Waals surface area (Å²) in [6.45, 7) is 2.72. The first kappa shape index (κ1) is 27.2. The second-order valence-electron chi connectivity index (χ2n) is 11.0. The fraction of sp³-hybridized carbons (Fsp3) is 0.387. The molecule has 2 atom stereocenters. The number of nitrogens with one attached hydrogen (secondary N) is 1. The monoisotopic (exact) mass is 559 g/mol. The van der Waals surface area contributed by atoms with E-state index in [2.05, 4.69) is 10.3 Å². The lowest BCUT2D eigenvalue weighted by Crippen LogP contribution is -2.59. The Balaban J connectivity index is 1.14. The number of carbonyl (C=O) groups excluding carboxylic acids is 1. The van der Waals surface area contributed by atoms with Crippen molar-refractivity contribution in [2.75, 3.05) is 33.3 Å². The fourth-order valence-electron chi connectivity index (χ4n) is 6.26. The van der Waals surface area contributed by atoms with Crippen LogP contribution in [0, 0.1) is 11.7 Å². The second-order valence-corrected chi connectivity index (χ2v) is 11.0. The Hall–Kier alpha value is -4.02. The third-order valence-electron chi connectivity index (χ3n) is 8.62. The van der Waals surface area contributed by atoms with Gasteiger partial charge in [-0.1, -0.05) is 30.3 Å². The molecule has 0 unspecified atom stereocenters. The lowest BCUT2D eigenvalue weighted by molar-refractivity contribution is -0.158. The molecule has 4 aromatic rings. The van der Waals surface area contributed by atoms with Gasteiger partial charge in [-0.3, -0.25) is 14.2 Å². The van der Waals surface area contributed by atoms with Crippen LogP contribution in [0.1, 0.15) is 30.7 Å². The standard InChI is InChI=1S/C31H34FN5O4/c1-41-27-17-23(7-8-26(27)32)37-16-11-24-28(37)34-20-36(29(24)38)19-21-9-14-35(15-10-21)30(39)31(40)12-13-33-18-25(31)22-5-3-2-4-6-22/h2-8,11,16-17,20-21,25,33,40H,9-10,12-15,18-19H2,1H3/t25-,31+/m0/s1. The van der Waals surface area contributed by atoms with Crippen molar-refractivity contribution in [1.29, 1.82) is 0 Å². The number of methoxy groups -OCH3 is 1. The van der Waals surface area contributed by atoms with Gasteiger partial charge in [-0.2, -0.15) is 0 Å². The number of hydrogen-bond acceptors (Lipinski definition) is 6. The van der Waals surface area contributed by atoms with Gasteiger partial charge in [0, 0.05) is 44.4 Å². The molecule has 4 heterocycles. The van der Waals surface area contributed by atoms with Crippen LogP contribution in [0.25, 0.3) is 16.7 Å². The number of fused-ring (bicyclic) bond motifs is 1. The van der Waals surface area contributed by atoms with Crippen LogP contribution >= 0.6 is 0 Å². The first-order valence-electron chi connectivity index (χ1n) is 14.1. The van der Waals surface area contributed by atoms with Gasteiger partial charge in [0.15, 0.2) is 22.8 Å². The predicted octanol–water partition coefficient (Wildman–Crippen LogP) is 3.08. The number of likely N-dealkylation sites (tertiary alicyclic amines) is 1. The number of aliphatic hydroxyl groups is 1. The normalized spacial score (nSPS) is 21.7. The van der Waals surface area contributed by atoms with Crippen LogP contribution in [-0.2, 0) is 11.3 Å². The van der Waals surface area contributed by atoms with Crippen LogP contribution in [0.15, 0.2) is 71.9 Å². The largest absolute Gasteiger partial charge is 0.494 e. The summed E-state index contributed by atoms with van der Waals surface area (Å²) < 4.78 is 22.4. The van der Waals surface area contributed by atoms with Gasteiger partial charge < -0.3 is 24.6 Å². The maximum atomic E-state index is 13.9. The number of amides is 1. The van der Waals surface area contributed by atoms with Crippen LogP contribution in [0.2, 0.25) is 0 Å². The molecular weight excluding hydrogens is 525 g/mol. The van der Waals surface area contributed by atoms with E-state index in [9.17, 15) is 19.1 Å². The second kappa shape index (κ2) is 11.1. The molecule has 214 valence electrons. The quantitative estimate of drug-likeness (QED) is 0.377. The topological polar surface area (TPSA) is 102 Å². The molecule has 2 aromatic heterocycles. The van der Waals surface area contributed by atoms with Gasteiger partial charge in [0.05, 0.1) is 24.5 Å². The molecule has 6 rings (SSSR count). The summed E-state index contributed by atoms with van der Waals surface area (Å²) in [6.07, 6.45) is 5.14. The van der Waals surface area contributed by atoms with Crippen LogP contribution in [0.4, 0.5) is 4.39 Å². The van der Waals surface area contributed by atoms with Gasteiger partial charge in [0.2, 0.25) is 0 Å². The molecular formula is C31H34FN5O4. The molecule has 0 aliphatic carbocycles. The molecule has 2 aliphatic rings. The van der Waals surface area contributed by atoms with Gasteiger partial charge in [-0.25, -0.2) is 9.37 Å². The summed E-state index contributed by atoms with van der Waals surface area (Å²) in [6, 6.07) is 16.0. The Kier molecular flexibility index (Phi) is 7.35. The molecule has 9 nitrogen and oxygen atoms in total. The predicted molar refractivity (Wildman–Crippen MR) is 153 cm³/mol. The van der Waals surface area contributed by atoms with E-state index >= 15 is 0 Å². The van der Waals surface area contributed by atoms with Crippen molar-refractivity contribution in [1.82, 2.24) is 24.3 Å². The van der Waals surface area contributed by atoms with E-state index in [0.717, 1.165) is 18.4 Å². The van der Waals surface area contributed by atoms with Gasteiger partial charge in [-0.05, 0) is 55.5 Å². The first-order chi connectivity index (χ1) is 19.9. The molecule has 2 saturated heterocycles. The van der Waals surface area contributed by atoms with Crippen LogP contribution in [0.5, 0.6) is 5.75 Å². The van der Waals surface area contributed by atoms with Crippen molar-refractivity contribution < 1.29 is 19.0 Å². The molecule has 1 amide bonds. The SMILES string of the molecule is COc1cc(-n2ccc3c(=O)n(CC4CCN(C(=O)[C@@]5(O)CCNC[C@H]5c5ccccc5)CC4)cnc32)ccc1F. The minimum absolute atomic E-state index is 0.116. The zero-order valence-electron chi connectivity index (χ0n) is 23.0. The van der Waals surface area contributed by atoms with Gasteiger partial charge >= 0.3 is 0 Å². The Morgan fingerprint density at radius 1 is 1.17 bits per heavy atom. The average Bonchev–Trinajstić information content (AvgIpc) is 3.44. The zero-order valence-corrected chi connectivity index (χ0v) is 23.0. The Labute approximate surface area is 237 Å². The highest BCUT2D eigenvalue weighted by molar-refractivity contribution is 5.86. The zero-order chi connectivity index (χ0) is 28.6. The molecule has 10 heteroatoms. The summed E-state index contributed by atoms with van der Waals surface area (Å²) in [7, 11) is 1.41. The highest BCUT2D eigenvalue weighted by Gasteiger charge is 2.48. The molecule has 0 radical (unpaired) electrons. The Morgan fingerprint density at radius 2 is 1.95 bits per heavy atom. The molecule has 2 aromatic carbocycles. The summed E-state index contributed by atoms with van der Waals surface area (Å²) in [5.41, 5.74) is 0.511. The minimum Gasteiger partial charge on any atom is -0.494 e. The van der Waals surface area contributed by atoms with Crippen molar-refractivity contribution in [3.63, 3.8) is 0 Å². The maximum absolute atomic E-state index is 13.9. The molecule has 2 N–H and O–H groups in total. The van der Waals surface area contributed by atoms with E-state index in [1.165, 1.54) is 13.2 Å². The molecule has 41 heavy (non-hydrogen) atoms. The smallest absolute Gasteiger partial charge is 0.262 e. The van der Waals surface area contributed by atoms with E-state index < -0.39 is 11.4 Å². The number of nitrogens with zero attached hydrogens (tertiary/aromatic N) is 4. The van der Waals surface area contributed by atoms with E-state index in [-0.39, 0.29) is 29.1 Å². The van der Waals surface area contributed by atoms with Crippen LogP contribution in [0.3, 0.4) is 0 Å². The highest BCUT2D eigenvalue weighted by Crippen LogP contribution is 2.36. The highest BCUT2D eigenvalue weighted by atomic mass is 19.1. The van der Waals surface area contributed by atoms with E-state index in [1.54, 1.807) is 44.8 Å².